The molecule has 0 atom stereocenters. The average Bonchev–Trinajstić information content (AvgIpc) is 1.95. The number of hydrogen-bond donors (Lipinski definition) is 1. The van der Waals surface area contributed by atoms with E-state index in [4.69, 9.17) is 5.73 Å². The lowest BCUT2D eigenvalue weighted by atomic mass is 10.2. The van der Waals surface area contributed by atoms with Gasteiger partial charge in [0, 0.05) is 9.26 Å². The van der Waals surface area contributed by atoms with Crippen LogP contribution < -0.4 is 5.73 Å². The molecule has 0 aliphatic heterocycles. The Balaban J connectivity index is 3.04. The molecule has 0 amide bonds. The molecule has 0 bridgehead atoms. The molecule has 0 aliphatic rings. The molecule has 1 aromatic rings. The highest BCUT2D eigenvalue weighted by Crippen LogP contribution is 2.16. The zero-order valence-corrected chi connectivity index (χ0v) is 8.05. The van der Waals surface area contributed by atoms with Crippen molar-refractivity contribution in [2.75, 3.05) is 5.73 Å². The van der Waals surface area contributed by atoms with E-state index in [0.717, 1.165) is 15.7 Å². The number of halogens is 1. The third-order valence-corrected chi connectivity index (χ3v) is 2.41. The number of aryl methyl sites for hydroxylation is 1. The molecule has 0 radical (unpaired) electrons. The number of rotatable bonds is 1. The fourth-order valence-electron chi connectivity index (χ4n) is 0.791. The topological polar surface area (TPSA) is 26.0 Å². The van der Waals surface area contributed by atoms with Crippen LogP contribution in [0.4, 0.5) is 5.69 Å². The molecule has 2 heteroatoms. The van der Waals surface area contributed by atoms with Gasteiger partial charge < -0.3 is 5.73 Å². The molecule has 1 nitrogen and oxygen atoms in total. The molecule has 0 unspecified atom stereocenters. The molecule has 10 heavy (non-hydrogen) atoms. The monoisotopic (exact) mass is 247 g/mol. The normalized spacial score (nSPS) is 9.80. The van der Waals surface area contributed by atoms with Crippen molar-refractivity contribution in [1.29, 1.82) is 0 Å². The van der Waals surface area contributed by atoms with E-state index < -0.39 is 0 Å². The minimum atomic E-state index is 0.873. The number of benzene rings is 1. The van der Waals surface area contributed by atoms with Gasteiger partial charge in [0.15, 0.2) is 0 Å². The van der Waals surface area contributed by atoms with Crippen molar-refractivity contribution in [3.63, 3.8) is 0 Å². The third kappa shape index (κ3) is 1.62. The molecule has 0 spiro atoms. The summed E-state index contributed by atoms with van der Waals surface area (Å²) in [5, 5.41) is 0. The number of anilines is 1. The van der Waals surface area contributed by atoms with Crippen molar-refractivity contribution < 1.29 is 0 Å². The number of nitrogen functional groups attached to an aromatic ring is 1. The highest BCUT2D eigenvalue weighted by molar-refractivity contribution is 14.1. The Kier molecular flexibility index (Phi) is 2.54. The predicted octanol–water partition coefficient (Wildman–Crippen LogP) is 2.44. The molecule has 0 heterocycles. The summed E-state index contributed by atoms with van der Waals surface area (Å²) in [6.45, 7) is 2.14. The lowest BCUT2D eigenvalue weighted by Gasteiger charge is -1.99. The first-order chi connectivity index (χ1) is 4.74. The van der Waals surface area contributed by atoms with Crippen LogP contribution >= 0.6 is 22.6 Å². The van der Waals surface area contributed by atoms with Crippen LogP contribution in [-0.4, -0.2) is 0 Å². The average molecular weight is 247 g/mol. The quantitative estimate of drug-likeness (QED) is 0.598. The fourth-order valence-corrected chi connectivity index (χ4v) is 1.37. The Hall–Kier alpha value is -0.250. The highest BCUT2D eigenvalue weighted by atomic mass is 127. The largest absolute Gasteiger partial charge is 0.398 e. The standard InChI is InChI=1S/C8H10IN/c1-2-6-3-4-8(10)7(9)5-6/h3-5H,2,10H2,1H3. The Morgan fingerprint density at radius 3 is 2.70 bits per heavy atom. The molecule has 0 aliphatic carbocycles. The first-order valence-electron chi connectivity index (χ1n) is 3.28. The molecule has 0 fully saturated rings. The maximum absolute atomic E-state index is 5.64. The second kappa shape index (κ2) is 3.23. The third-order valence-electron chi connectivity index (χ3n) is 1.47. The van der Waals surface area contributed by atoms with E-state index in [2.05, 4.69) is 41.6 Å². The first kappa shape index (κ1) is 7.85. The van der Waals surface area contributed by atoms with Crippen molar-refractivity contribution in [2.24, 2.45) is 0 Å². The van der Waals surface area contributed by atoms with E-state index in [1.807, 2.05) is 6.07 Å². The van der Waals surface area contributed by atoms with Crippen LogP contribution in [0.5, 0.6) is 0 Å². The Morgan fingerprint density at radius 2 is 2.20 bits per heavy atom. The lowest BCUT2D eigenvalue weighted by Crippen LogP contribution is -1.90. The van der Waals surface area contributed by atoms with Crippen LogP contribution in [0.25, 0.3) is 0 Å². The van der Waals surface area contributed by atoms with Crippen molar-refractivity contribution in [3.05, 3.63) is 27.3 Å². The van der Waals surface area contributed by atoms with E-state index in [-0.39, 0.29) is 0 Å². The van der Waals surface area contributed by atoms with E-state index in [0.29, 0.717) is 0 Å². The Bertz CT molecular complexity index is 233. The van der Waals surface area contributed by atoms with Crippen LogP contribution in [0, 0.1) is 3.57 Å². The van der Waals surface area contributed by atoms with Gasteiger partial charge in [-0.2, -0.15) is 0 Å². The summed E-state index contributed by atoms with van der Waals surface area (Å²) >= 11 is 2.25. The second-order valence-corrected chi connectivity index (χ2v) is 3.37. The van der Waals surface area contributed by atoms with Gasteiger partial charge in [0.05, 0.1) is 0 Å². The molecule has 0 saturated carbocycles. The summed E-state index contributed by atoms with van der Waals surface area (Å²) in [6.07, 6.45) is 1.08. The van der Waals surface area contributed by atoms with Gasteiger partial charge >= 0.3 is 0 Å². The molecule has 1 rings (SSSR count). The molecule has 54 valence electrons. The van der Waals surface area contributed by atoms with E-state index in [1.54, 1.807) is 0 Å². The Morgan fingerprint density at radius 1 is 1.50 bits per heavy atom. The van der Waals surface area contributed by atoms with Gasteiger partial charge in [0.1, 0.15) is 0 Å². The van der Waals surface area contributed by atoms with Crippen LogP contribution in [0.1, 0.15) is 12.5 Å². The van der Waals surface area contributed by atoms with Gasteiger partial charge in [-0.1, -0.05) is 13.0 Å². The van der Waals surface area contributed by atoms with Crippen molar-refractivity contribution in [1.82, 2.24) is 0 Å². The smallest absolute Gasteiger partial charge is 0.0449 e. The highest BCUT2D eigenvalue weighted by Gasteiger charge is 1.94. The molecule has 1 aromatic carbocycles. The Labute approximate surface area is 74.8 Å². The lowest BCUT2D eigenvalue weighted by molar-refractivity contribution is 1.14. The van der Waals surface area contributed by atoms with Gasteiger partial charge in [-0.3, -0.25) is 0 Å². The summed E-state index contributed by atoms with van der Waals surface area (Å²) in [5.41, 5.74) is 7.85. The molecular weight excluding hydrogens is 237 g/mol. The molecule has 0 saturated heterocycles. The van der Waals surface area contributed by atoms with E-state index >= 15 is 0 Å². The first-order valence-corrected chi connectivity index (χ1v) is 4.36. The molecular formula is C8H10IN. The van der Waals surface area contributed by atoms with Gasteiger partial charge in [-0.25, -0.2) is 0 Å². The maximum atomic E-state index is 5.64. The van der Waals surface area contributed by atoms with Crippen molar-refractivity contribution in [3.8, 4) is 0 Å². The maximum Gasteiger partial charge on any atom is 0.0449 e. The van der Waals surface area contributed by atoms with Crippen LogP contribution in [0.2, 0.25) is 0 Å². The zero-order chi connectivity index (χ0) is 7.56. The molecule has 2 N–H and O–H groups in total. The summed E-state index contributed by atoms with van der Waals surface area (Å²) in [4.78, 5) is 0. The predicted molar refractivity (Wildman–Crippen MR) is 52.9 cm³/mol. The SMILES string of the molecule is CCc1ccc(N)c(I)c1. The summed E-state index contributed by atoms with van der Waals surface area (Å²) in [6, 6.07) is 6.15. The number of nitrogens with two attached hydrogens (primary N) is 1. The van der Waals surface area contributed by atoms with E-state index in [9.17, 15) is 0 Å². The second-order valence-electron chi connectivity index (χ2n) is 2.21. The van der Waals surface area contributed by atoms with Crippen LogP contribution in [0.3, 0.4) is 0 Å². The van der Waals surface area contributed by atoms with Crippen molar-refractivity contribution >= 4 is 28.3 Å². The van der Waals surface area contributed by atoms with Gasteiger partial charge in [0.2, 0.25) is 0 Å². The number of hydrogen-bond acceptors (Lipinski definition) is 1. The van der Waals surface area contributed by atoms with Crippen LogP contribution in [-0.2, 0) is 6.42 Å². The van der Waals surface area contributed by atoms with Gasteiger partial charge in [-0.15, -0.1) is 0 Å². The van der Waals surface area contributed by atoms with Gasteiger partial charge in [-0.05, 0) is 46.7 Å². The fraction of sp³-hybridized carbons (Fsp3) is 0.250. The minimum absolute atomic E-state index is 0.873. The molecule has 0 aromatic heterocycles. The summed E-state index contributed by atoms with van der Waals surface area (Å²) < 4.78 is 1.15. The van der Waals surface area contributed by atoms with Crippen molar-refractivity contribution in [2.45, 2.75) is 13.3 Å². The minimum Gasteiger partial charge on any atom is -0.398 e. The summed E-state index contributed by atoms with van der Waals surface area (Å²) in [7, 11) is 0. The van der Waals surface area contributed by atoms with E-state index in [1.165, 1.54) is 5.56 Å². The zero-order valence-electron chi connectivity index (χ0n) is 5.89. The summed E-state index contributed by atoms with van der Waals surface area (Å²) in [5.74, 6) is 0. The van der Waals surface area contributed by atoms with Gasteiger partial charge in [0.25, 0.3) is 0 Å². The van der Waals surface area contributed by atoms with Crippen LogP contribution in [0.15, 0.2) is 18.2 Å².